The molecule has 0 aliphatic rings. The minimum Gasteiger partial charge on any atom is -1.00 e. The smallest absolute Gasteiger partial charge is 1.00 e. The van der Waals surface area contributed by atoms with E-state index in [1.807, 2.05) is 0 Å². The Morgan fingerprint density at radius 1 is 0.750 bits per heavy atom. The predicted octanol–water partition coefficient (Wildman–Crippen LogP) is 0.0137. The van der Waals surface area contributed by atoms with Crippen molar-refractivity contribution in [3.63, 3.8) is 0 Å². The standard InChI is InChI=1S/C21H38N.C2H6O.ClH.Na.H2O/c1-4-5-6-7-8-9-10-11-12-16-19-22(2,3)20-21-17-14-13-15-18-21;1-2-3;;;/h13-15,17-18H,4-12,16,19-20H2,1-3H3;3H,2H2,1H3;1H;;1H2/q+1;;;+1;/p-2. The number of aliphatic hydroxyl groups excluding tert-OH is 1. The first-order valence-corrected chi connectivity index (χ1v) is 10.5. The quantitative estimate of drug-likeness (QED) is 0.275. The van der Waals surface area contributed by atoms with E-state index in [1.165, 1.54) is 76.3 Å². The second kappa shape index (κ2) is 25.4. The monoisotopic (exact) mass is 425 g/mol. The molecule has 0 heterocycles. The van der Waals surface area contributed by atoms with Crippen molar-refractivity contribution in [3.05, 3.63) is 35.9 Å². The maximum atomic E-state index is 7.57. The Bertz CT molecular complexity index is 391. The van der Waals surface area contributed by atoms with Crippen LogP contribution in [0.3, 0.4) is 0 Å². The molecule has 0 aliphatic heterocycles. The average molecular weight is 426 g/mol. The summed E-state index contributed by atoms with van der Waals surface area (Å²) in [5.41, 5.74) is 1.46. The molecule has 0 fully saturated rings. The summed E-state index contributed by atoms with van der Waals surface area (Å²) in [5.74, 6) is 0. The zero-order valence-corrected chi connectivity index (χ0v) is 22.1. The minimum absolute atomic E-state index is 0. The van der Waals surface area contributed by atoms with Crippen molar-refractivity contribution in [2.45, 2.75) is 84.6 Å². The first-order chi connectivity index (χ1) is 12.1. The van der Waals surface area contributed by atoms with Crippen LogP contribution in [0.5, 0.6) is 0 Å². The second-order valence-electron chi connectivity index (χ2n) is 7.80. The molecule has 0 aromatic heterocycles. The van der Waals surface area contributed by atoms with Crippen LogP contribution in [0, 0.1) is 0 Å². The Balaban J connectivity index is -0.000000450. The molecule has 0 saturated heterocycles. The number of benzene rings is 1. The van der Waals surface area contributed by atoms with Gasteiger partial charge in [0.05, 0.1) is 20.6 Å². The van der Waals surface area contributed by atoms with E-state index in [-0.39, 0.29) is 54.0 Å². The fourth-order valence-corrected chi connectivity index (χ4v) is 3.18. The summed E-state index contributed by atoms with van der Waals surface area (Å²) in [7, 11) is 4.72. The Morgan fingerprint density at radius 3 is 1.57 bits per heavy atom. The van der Waals surface area contributed by atoms with E-state index in [0.29, 0.717) is 0 Å². The summed E-state index contributed by atoms with van der Waals surface area (Å²) in [6.45, 7) is 6.67. The van der Waals surface area contributed by atoms with Crippen LogP contribution in [0.15, 0.2) is 30.3 Å². The number of hydrogen-bond donors (Lipinski definition) is 1. The fraction of sp³-hybridized carbons (Fsp3) is 0.739. The normalized spacial score (nSPS) is 9.89. The van der Waals surface area contributed by atoms with Gasteiger partial charge in [-0.05, 0) is 19.8 Å². The molecule has 0 aliphatic carbocycles. The van der Waals surface area contributed by atoms with Crippen LogP contribution in [0.4, 0.5) is 0 Å². The Labute approximate surface area is 203 Å². The summed E-state index contributed by atoms with van der Waals surface area (Å²) in [6.07, 6.45) is 14.2. The van der Waals surface area contributed by atoms with Gasteiger partial charge >= 0.3 is 29.6 Å². The summed E-state index contributed by atoms with van der Waals surface area (Å²) in [6, 6.07) is 10.9. The number of rotatable bonds is 13. The summed E-state index contributed by atoms with van der Waals surface area (Å²) in [4.78, 5) is 0. The molecule has 0 spiro atoms. The van der Waals surface area contributed by atoms with Crippen LogP contribution in [-0.4, -0.2) is 42.3 Å². The van der Waals surface area contributed by atoms with E-state index in [2.05, 4.69) is 51.4 Å². The Hall–Kier alpha value is 0.390. The summed E-state index contributed by atoms with van der Waals surface area (Å²) >= 11 is 0. The number of halogens is 1. The van der Waals surface area contributed by atoms with Crippen LogP contribution in [-0.2, 0) is 6.54 Å². The molecule has 0 unspecified atom stereocenters. The molecule has 1 rings (SSSR count). The maximum Gasteiger partial charge on any atom is 1.00 e. The van der Waals surface area contributed by atoms with E-state index >= 15 is 0 Å². The van der Waals surface area contributed by atoms with Crippen molar-refractivity contribution in [3.8, 4) is 0 Å². The van der Waals surface area contributed by atoms with Gasteiger partial charge in [-0.3, -0.25) is 0 Å². The molecular formula is C23H45ClNNaO2. The van der Waals surface area contributed by atoms with Crippen molar-refractivity contribution in [1.82, 2.24) is 0 Å². The molecule has 2 N–H and O–H groups in total. The number of unbranched alkanes of at least 4 members (excludes halogenated alkanes) is 9. The third-order valence-electron chi connectivity index (χ3n) is 4.57. The first kappa shape index (κ1) is 35.8. The van der Waals surface area contributed by atoms with Gasteiger partial charge in [-0.15, -0.1) is 0 Å². The molecule has 0 bridgehead atoms. The third kappa shape index (κ3) is 24.4. The molecule has 0 saturated carbocycles. The van der Waals surface area contributed by atoms with E-state index < -0.39 is 0 Å². The number of quaternary nitrogens is 1. The van der Waals surface area contributed by atoms with Crippen molar-refractivity contribution < 1.29 is 57.0 Å². The van der Waals surface area contributed by atoms with Crippen molar-refractivity contribution in [2.24, 2.45) is 0 Å². The van der Waals surface area contributed by atoms with Crippen molar-refractivity contribution in [1.29, 1.82) is 0 Å². The number of hydrogen-bond acceptors (Lipinski definition) is 2. The van der Waals surface area contributed by atoms with Gasteiger partial charge in [0.1, 0.15) is 6.54 Å². The van der Waals surface area contributed by atoms with Gasteiger partial charge in [-0.2, -0.15) is 0 Å². The SMILES string of the molecule is CCCCCCCCCCCC[N+](C)(C)Cc1ccccc1.CCO.[Cl-].[Na+].[OH-]. The van der Waals surface area contributed by atoms with Gasteiger partial charge in [0.25, 0.3) is 0 Å². The van der Waals surface area contributed by atoms with Crippen molar-refractivity contribution in [2.75, 3.05) is 27.2 Å². The van der Waals surface area contributed by atoms with Gasteiger partial charge in [0.2, 0.25) is 0 Å². The maximum absolute atomic E-state index is 7.57. The molecule has 5 heteroatoms. The average Bonchev–Trinajstić information content (AvgIpc) is 2.58. The summed E-state index contributed by atoms with van der Waals surface area (Å²) < 4.78 is 1.11. The van der Waals surface area contributed by atoms with Gasteiger partial charge in [-0.1, -0.05) is 88.6 Å². The largest absolute Gasteiger partial charge is 1.00 e. The second-order valence-corrected chi connectivity index (χ2v) is 7.80. The first-order valence-electron chi connectivity index (χ1n) is 10.5. The molecule has 0 atom stereocenters. The van der Waals surface area contributed by atoms with Crippen molar-refractivity contribution >= 4 is 0 Å². The van der Waals surface area contributed by atoms with Crippen LogP contribution in [0.1, 0.15) is 83.6 Å². The van der Waals surface area contributed by atoms with Crippen LogP contribution < -0.4 is 42.0 Å². The van der Waals surface area contributed by atoms with E-state index in [0.717, 1.165) is 11.0 Å². The van der Waals surface area contributed by atoms with Gasteiger partial charge < -0.3 is 27.5 Å². The van der Waals surface area contributed by atoms with Crippen LogP contribution in [0.2, 0.25) is 0 Å². The zero-order valence-electron chi connectivity index (χ0n) is 19.3. The molecule has 1 aromatic carbocycles. The topological polar surface area (TPSA) is 50.2 Å². The molecular weight excluding hydrogens is 381 g/mol. The zero-order chi connectivity index (χ0) is 18.8. The molecule has 0 radical (unpaired) electrons. The molecule has 0 amide bonds. The number of nitrogens with zero attached hydrogens (tertiary/aromatic N) is 1. The van der Waals surface area contributed by atoms with E-state index in [1.54, 1.807) is 6.92 Å². The number of aliphatic hydroxyl groups is 1. The van der Waals surface area contributed by atoms with Crippen LogP contribution >= 0.6 is 0 Å². The Kier molecular flexibility index (Phi) is 32.5. The van der Waals surface area contributed by atoms with Gasteiger partial charge in [0, 0.05) is 12.2 Å². The van der Waals surface area contributed by atoms with Gasteiger partial charge in [0.15, 0.2) is 0 Å². The van der Waals surface area contributed by atoms with E-state index in [9.17, 15) is 0 Å². The van der Waals surface area contributed by atoms with Crippen LogP contribution in [0.25, 0.3) is 0 Å². The molecule has 162 valence electrons. The molecule has 28 heavy (non-hydrogen) atoms. The Morgan fingerprint density at radius 2 is 1.14 bits per heavy atom. The van der Waals surface area contributed by atoms with Gasteiger partial charge in [-0.25, -0.2) is 0 Å². The minimum atomic E-state index is 0. The van der Waals surface area contributed by atoms with E-state index in [4.69, 9.17) is 5.11 Å². The third-order valence-corrected chi connectivity index (χ3v) is 4.57. The predicted molar refractivity (Wildman–Crippen MR) is 114 cm³/mol. The summed E-state index contributed by atoms with van der Waals surface area (Å²) in [5, 5.41) is 7.57. The molecule has 3 nitrogen and oxygen atoms in total. The molecule has 1 aromatic rings. The fourth-order valence-electron chi connectivity index (χ4n) is 3.18.